The zero-order chi connectivity index (χ0) is 43.3. The van der Waals surface area contributed by atoms with Crippen LogP contribution in [0.1, 0.15) is 121 Å². The minimum Gasteiger partial charge on any atom is -0.313 e. The highest BCUT2D eigenvalue weighted by Gasteiger charge is 2.24. The Hall–Kier alpha value is -5.86. The third-order valence-corrected chi connectivity index (χ3v) is 14.3. The van der Waals surface area contributed by atoms with Crippen LogP contribution in [0.15, 0.2) is 152 Å². The molecule has 0 fully saturated rings. The zero-order valence-electron chi connectivity index (χ0n) is 38.4. The Balaban J connectivity index is 1.11. The van der Waals surface area contributed by atoms with E-state index in [1.807, 2.05) is 0 Å². The van der Waals surface area contributed by atoms with Crippen molar-refractivity contribution in [3.05, 3.63) is 174 Å². The van der Waals surface area contributed by atoms with Crippen molar-refractivity contribution in [2.75, 3.05) is 0 Å². The van der Waals surface area contributed by atoms with Crippen LogP contribution in [0.5, 0.6) is 0 Å². The second kappa shape index (κ2) is 19.3. The number of rotatable bonds is 16. The summed E-state index contributed by atoms with van der Waals surface area (Å²) >= 11 is 0. The Morgan fingerprint density at radius 2 is 1.13 bits per heavy atom. The number of para-hydroxylation sites is 2. The van der Waals surface area contributed by atoms with E-state index in [0.29, 0.717) is 5.92 Å². The van der Waals surface area contributed by atoms with Gasteiger partial charge in [0.15, 0.2) is 0 Å². The number of unbranched alkanes of at least 4 members (excludes halogenated alkanes) is 2. The maximum atomic E-state index is 2.56. The summed E-state index contributed by atoms with van der Waals surface area (Å²) in [5.74, 6) is 1.89. The molecule has 2 heterocycles. The lowest BCUT2D eigenvalue weighted by Gasteiger charge is -2.19. The molecule has 2 aromatic heterocycles. The Kier molecular flexibility index (Phi) is 13.0. The fraction of sp³-hybridized carbons (Fsp3) is 0.311. The van der Waals surface area contributed by atoms with Gasteiger partial charge < -0.3 is 9.13 Å². The van der Waals surface area contributed by atoms with E-state index >= 15 is 0 Å². The van der Waals surface area contributed by atoms with Gasteiger partial charge in [-0.25, -0.2) is 0 Å². The fourth-order valence-electron chi connectivity index (χ4n) is 10.6. The van der Waals surface area contributed by atoms with E-state index in [2.05, 4.69) is 202 Å². The SMILES string of the molecule is CCCCC(CC)Cc1ccc(-c2ccc3c(c2)c2ccccc2n3-c2ccccc2-c2ccc3c(c2)c2c(n3-c3ccc(CC(CC)CCCC)cc3)C(C)C/C=C/C=C\2)cc1. The van der Waals surface area contributed by atoms with Crippen LogP contribution in [0.4, 0.5) is 0 Å². The molecule has 0 radical (unpaired) electrons. The minimum absolute atomic E-state index is 0.368. The van der Waals surface area contributed by atoms with Gasteiger partial charge in [0.1, 0.15) is 0 Å². The molecule has 0 aliphatic heterocycles. The second-order valence-electron chi connectivity index (χ2n) is 18.5. The largest absolute Gasteiger partial charge is 0.313 e. The van der Waals surface area contributed by atoms with Gasteiger partial charge in [-0.1, -0.05) is 195 Å². The summed E-state index contributed by atoms with van der Waals surface area (Å²) in [7, 11) is 0. The van der Waals surface area contributed by atoms with Gasteiger partial charge in [-0.3, -0.25) is 0 Å². The van der Waals surface area contributed by atoms with Crippen molar-refractivity contribution in [3.63, 3.8) is 0 Å². The number of aromatic nitrogens is 2. The molecule has 3 unspecified atom stereocenters. The predicted octanol–water partition coefficient (Wildman–Crippen LogP) is 17.7. The molecule has 0 amide bonds. The third-order valence-electron chi connectivity index (χ3n) is 14.3. The molecule has 0 saturated carbocycles. The highest BCUT2D eigenvalue weighted by molar-refractivity contribution is 6.11. The molecule has 3 atom stereocenters. The first-order chi connectivity index (χ1) is 31.0. The molecule has 0 saturated heterocycles. The lowest BCUT2D eigenvalue weighted by molar-refractivity contribution is 0.449. The standard InChI is InChI=1S/C61H66N2/c1-6-10-20-44(8-3)39-46-27-31-48(32-28-46)49-33-37-60-55(41-49)53-23-16-18-26-58(53)63(60)57-25-17-15-22-52(57)50-34-38-59-56(42-50)54-24-14-12-13-19-43(5)61(54)62(59)51-35-29-47(30-36-51)40-45(9-4)21-11-7-2/h12-18,22-38,41-45H,6-11,19-21,39-40H2,1-5H3/b13-12+,24-14-. The molecule has 2 heteroatoms. The summed E-state index contributed by atoms with van der Waals surface area (Å²) in [6.45, 7) is 11.7. The first-order valence-corrected chi connectivity index (χ1v) is 24.3. The predicted molar refractivity (Wildman–Crippen MR) is 274 cm³/mol. The fourth-order valence-corrected chi connectivity index (χ4v) is 10.6. The summed E-state index contributed by atoms with van der Waals surface area (Å²) in [6, 6.07) is 51.1. The van der Waals surface area contributed by atoms with E-state index in [-0.39, 0.29) is 0 Å². The summed E-state index contributed by atoms with van der Waals surface area (Å²) in [4.78, 5) is 0. The minimum atomic E-state index is 0.368. The van der Waals surface area contributed by atoms with E-state index in [9.17, 15) is 0 Å². The van der Waals surface area contributed by atoms with Gasteiger partial charge in [0.2, 0.25) is 0 Å². The van der Waals surface area contributed by atoms with Crippen LogP contribution < -0.4 is 0 Å². The lowest BCUT2D eigenvalue weighted by Crippen LogP contribution is -2.06. The maximum Gasteiger partial charge on any atom is 0.0541 e. The van der Waals surface area contributed by atoms with Gasteiger partial charge in [-0.15, -0.1) is 0 Å². The summed E-state index contributed by atoms with van der Waals surface area (Å²) < 4.78 is 5.05. The summed E-state index contributed by atoms with van der Waals surface area (Å²) in [6.07, 6.45) is 22.8. The van der Waals surface area contributed by atoms with E-state index < -0.39 is 0 Å². The van der Waals surface area contributed by atoms with E-state index in [0.717, 1.165) is 24.7 Å². The normalized spacial score (nSPS) is 15.9. The lowest BCUT2D eigenvalue weighted by atomic mass is 9.91. The molecule has 6 aromatic carbocycles. The first-order valence-electron chi connectivity index (χ1n) is 24.3. The van der Waals surface area contributed by atoms with Gasteiger partial charge >= 0.3 is 0 Å². The van der Waals surface area contributed by atoms with Gasteiger partial charge in [0.05, 0.1) is 22.2 Å². The third kappa shape index (κ3) is 8.62. The van der Waals surface area contributed by atoms with E-state index in [4.69, 9.17) is 0 Å². The number of hydrogen-bond donors (Lipinski definition) is 0. The van der Waals surface area contributed by atoms with Crippen LogP contribution in [0.2, 0.25) is 0 Å². The first kappa shape index (κ1) is 42.4. The van der Waals surface area contributed by atoms with Crippen molar-refractivity contribution < 1.29 is 0 Å². The highest BCUT2D eigenvalue weighted by Crippen LogP contribution is 2.42. The van der Waals surface area contributed by atoms with Crippen LogP contribution >= 0.6 is 0 Å². The molecule has 1 aliphatic carbocycles. The molecule has 8 aromatic rings. The Labute approximate surface area is 377 Å². The monoisotopic (exact) mass is 827 g/mol. The van der Waals surface area contributed by atoms with Crippen LogP contribution in [-0.4, -0.2) is 9.13 Å². The number of allylic oxidation sites excluding steroid dienone is 3. The molecule has 0 spiro atoms. The van der Waals surface area contributed by atoms with Crippen molar-refractivity contribution in [1.82, 2.24) is 9.13 Å². The second-order valence-corrected chi connectivity index (χ2v) is 18.5. The summed E-state index contributed by atoms with van der Waals surface area (Å²) in [5, 5.41) is 3.86. The summed E-state index contributed by atoms with van der Waals surface area (Å²) in [5.41, 5.74) is 16.8. The molecule has 9 rings (SSSR count). The van der Waals surface area contributed by atoms with Crippen molar-refractivity contribution in [1.29, 1.82) is 0 Å². The number of benzene rings is 6. The van der Waals surface area contributed by atoms with Crippen molar-refractivity contribution in [2.24, 2.45) is 11.8 Å². The van der Waals surface area contributed by atoms with Crippen LogP contribution in [0.25, 0.3) is 72.4 Å². The van der Waals surface area contributed by atoms with Crippen molar-refractivity contribution in [3.8, 4) is 33.6 Å². The molecule has 320 valence electrons. The van der Waals surface area contributed by atoms with Crippen LogP contribution in [0.3, 0.4) is 0 Å². The Morgan fingerprint density at radius 3 is 1.83 bits per heavy atom. The van der Waals surface area contributed by atoms with Crippen molar-refractivity contribution >= 4 is 38.8 Å². The maximum absolute atomic E-state index is 2.56. The zero-order valence-corrected chi connectivity index (χ0v) is 38.4. The molecule has 2 nitrogen and oxygen atoms in total. The molecule has 1 aliphatic rings. The molecule has 0 bridgehead atoms. The van der Waals surface area contributed by atoms with Gasteiger partial charge in [-0.05, 0) is 107 Å². The van der Waals surface area contributed by atoms with E-state index in [1.165, 1.54) is 147 Å². The van der Waals surface area contributed by atoms with Crippen LogP contribution in [0, 0.1) is 11.8 Å². The number of nitrogens with zero attached hydrogens (tertiary/aromatic N) is 2. The molecular weight excluding hydrogens is 761 g/mol. The van der Waals surface area contributed by atoms with Gasteiger partial charge in [-0.2, -0.15) is 0 Å². The highest BCUT2D eigenvalue weighted by atomic mass is 15.0. The Morgan fingerprint density at radius 1 is 0.540 bits per heavy atom. The number of fused-ring (bicyclic) bond motifs is 6. The quantitative estimate of drug-likeness (QED) is 0.0918. The van der Waals surface area contributed by atoms with Gasteiger partial charge in [0, 0.05) is 44.6 Å². The average Bonchev–Trinajstić information content (AvgIpc) is 3.82. The van der Waals surface area contributed by atoms with Gasteiger partial charge in [0.25, 0.3) is 0 Å². The topological polar surface area (TPSA) is 9.86 Å². The molecule has 63 heavy (non-hydrogen) atoms. The molecular formula is C61H66N2. The number of hydrogen-bond acceptors (Lipinski definition) is 0. The average molecular weight is 827 g/mol. The van der Waals surface area contributed by atoms with Crippen LogP contribution in [-0.2, 0) is 12.8 Å². The molecule has 0 N–H and O–H groups in total. The smallest absolute Gasteiger partial charge is 0.0541 e. The Bertz CT molecular complexity index is 2880. The van der Waals surface area contributed by atoms with E-state index in [1.54, 1.807) is 0 Å². The van der Waals surface area contributed by atoms with Crippen molar-refractivity contribution in [2.45, 2.75) is 111 Å².